The van der Waals surface area contributed by atoms with Gasteiger partial charge in [0.15, 0.2) is 0 Å². The van der Waals surface area contributed by atoms with Gasteiger partial charge < -0.3 is 5.32 Å². The molecule has 0 saturated carbocycles. The van der Waals surface area contributed by atoms with Crippen molar-refractivity contribution in [1.29, 1.82) is 0 Å². The van der Waals surface area contributed by atoms with Gasteiger partial charge in [-0.05, 0) is 42.3 Å². The zero-order valence-corrected chi connectivity index (χ0v) is 17.4. The van der Waals surface area contributed by atoms with Crippen LogP contribution in [0, 0.1) is 0 Å². The minimum atomic E-state index is -3.86. The molecule has 0 saturated heterocycles. The predicted molar refractivity (Wildman–Crippen MR) is 117 cm³/mol. The van der Waals surface area contributed by atoms with E-state index in [1.165, 1.54) is 12.1 Å². The van der Waals surface area contributed by atoms with Crippen LogP contribution >= 0.6 is 11.6 Å². The number of carbonyl (C=O) groups is 1. The summed E-state index contributed by atoms with van der Waals surface area (Å²) in [5.74, 6) is -0.509. The largest absolute Gasteiger partial charge is 0.326 e. The lowest BCUT2D eigenvalue weighted by atomic mass is 9.95. The van der Waals surface area contributed by atoms with Gasteiger partial charge in [0.1, 0.15) is 0 Å². The first-order chi connectivity index (χ1) is 13.9. The van der Waals surface area contributed by atoms with E-state index in [0.29, 0.717) is 22.8 Å². The van der Waals surface area contributed by atoms with Crippen molar-refractivity contribution in [3.05, 3.63) is 89.4 Å². The summed E-state index contributed by atoms with van der Waals surface area (Å²) in [6, 6.07) is 22.2. The van der Waals surface area contributed by atoms with Crippen LogP contribution in [0.25, 0.3) is 0 Å². The van der Waals surface area contributed by atoms with Crippen molar-refractivity contribution in [2.45, 2.75) is 24.2 Å². The van der Waals surface area contributed by atoms with Gasteiger partial charge in [-0.1, -0.05) is 67.1 Å². The van der Waals surface area contributed by atoms with E-state index in [1.807, 2.05) is 37.3 Å². The van der Waals surface area contributed by atoms with Crippen LogP contribution < -0.4 is 10.0 Å². The highest BCUT2D eigenvalue weighted by molar-refractivity contribution is 7.92. The van der Waals surface area contributed by atoms with Crippen LogP contribution in [0.2, 0.25) is 5.02 Å². The quantitative estimate of drug-likeness (QED) is 0.538. The maximum absolute atomic E-state index is 12.7. The first-order valence-corrected chi connectivity index (χ1v) is 11.0. The number of nitrogens with one attached hydrogen (secondary N) is 2. The molecule has 2 N–H and O–H groups in total. The number of hydrogen-bond acceptors (Lipinski definition) is 3. The van der Waals surface area contributed by atoms with Gasteiger partial charge in [-0.25, -0.2) is 8.42 Å². The van der Waals surface area contributed by atoms with Gasteiger partial charge in [0, 0.05) is 5.69 Å². The molecule has 0 aliphatic carbocycles. The zero-order chi connectivity index (χ0) is 20.9. The highest BCUT2D eigenvalue weighted by atomic mass is 35.5. The van der Waals surface area contributed by atoms with Crippen LogP contribution in [-0.4, -0.2) is 14.3 Å². The summed E-state index contributed by atoms with van der Waals surface area (Å²) in [7, 11) is -3.86. The molecular weight excluding hydrogens is 408 g/mol. The van der Waals surface area contributed by atoms with Crippen LogP contribution in [0.3, 0.4) is 0 Å². The second-order valence-corrected chi connectivity index (χ2v) is 8.56. The molecule has 1 unspecified atom stereocenters. The SMILES string of the molecule is CCC(C(=O)Nc1cccc(S(=O)(=O)Nc2ccccc2Cl)c1)c1ccccc1. The molecule has 5 nitrogen and oxygen atoms in total. The molecule has 3 rings (SSSR count). The van der Waals surface area contributed by atoms with Crippen molar-refractivity contribution >= 4 is 38.9 Å². The van der Waals surface area contributed by atoms with E-state index in [4.69, 9.17) is 11.6 Å². The fourth-order valence-corrected chi connectivity index (χ4v) is 4.34. The minimum absolute atomic E-state index is 0.0305. The molecule has 7 heteroatoms. The summed E-state index contributed by atoms with van der Waals surface area (Å²) in [6.45, 7) is 1.94. The number of amides is 1. The average Bonchev–Trinajstić information content (AvgIpc) is 2.71. The van der Waals surface area contributed by atoms with Crippen molar-refractivity contribution in [2.75, 3.05) is 10.0 Å². The standard InChI is InChI=1S/C22H21ClN2O3S/c1-2-19(16-9-4-3-5-10-16)22(26)24-17-11-8-12-18(15-17)29(27,28)25-21-14-7-6-13-20(21)23/h3-15,19,25H,2H2,1H3,(H,24,26). The third kappa shape index (κ3) is 5.16. The number of rotatable bonds is 7. The molecule has 0 fully saturated rings. The molecule has 0 bridgehead atoms. The molecule has 29 heavy (non-hydrogen) atoms. The lowest BCUT2D eigenvalue weighted by molar-refractivity contribution is -0.117. The molecule has 0 radical (unpaired) electrons. The van der Waals surface area contributed by atoms with Crippen LogP contribution in [0.1, 0.15) is 24.8 Å². The van der Waals surface area contributed by atoms with E-state index in [-0.39, 0.29) is 16.7 Å². The molecule has 0 aliphatic heterocycles. The Morgan fingerprint density at radius 1 is 0.966 bits per heavy atom. The van der Waals surface area contributed by atoms with E-state index in [1.54, 1.807) is 36.4 Å². The van der Waals surface area contributed by atoms with Crippen molar-refractivity contribution in [1.82, 2.24) is 0 Å². The molecule has 1 amide bonds. The van der Waals surface area contributed by atoms with Crippen molar-refractivity contribution in [3.63, 3.8) is 0 Å². The second kappa shape index (κ2) is 9.11. The molecule has 3 aromatic rings. The second-order valence-electron chi connectivity index (χ2n) is 6.47. The smallest absolute Gasteiger partial charge is 0.262 e. The third-order valence-corrected chi connectivity index (χ3v) is 6.15. The summed E-state index contributed by atoms with van der Waals surface area (Å²) < 4.78 is 27.9. The first-order valence-electron chi connectivity index (χ1n) is 9.14. The summed E-state index contributed by atoms with van der Waals surface area (Å²) in [4.78, 5) is 12.8. The Morgan fingerprint density at radius 3 is 2.34 bits per heavy atom. The number of hydrogen-bond donors (Lipinski definition) is 2. The maximum Gasteiger partial charge on any atom is 0.262 e. The van der Waals surface area contributed by atoms with Gasteiger partial charge in [-0.2, -0.15) is 0 Å². The average molecular weight is 429 g/mol. The van der Waals surface area contributed by atoms with E-state index >= 15 is 0 Å². The van der Waals surface area contributed by atoms with Crippen molar-refractivity contribution < 1.29 is 13.2 Å². The Labute approximate surface area is 175 Å². The van der Waals surface area contributed by atoms with Gasteiger partial charge in [0.25, 0.3) is 10.0 Å². The van der Waals surface area contributed by atoms with Gasteiger partial charge >= 0.3 is 0 Å². The number of sulfonamides is 1. The number of para-hydroxylation sites is 1. The Kier molecular flexibility index (Phi) is 6.56. The highest BCUT2D eigenvalue weighted by Crippen LogP contribution is 2.26. The summed E-state index contributed by atoms with van der Waals surface area (Å²) in [5.41, 5.74) is 1.61. The Hall–Kier alpha value is -2.83. The molecule has 3 aromatic carbocycles. The van der Waals surface area contributed by atoms with Crippen LogP contribution in [0.5, 0.6) is 0 Å². The van der Waals surface area contributed by atoms with Crippen LogP contribution in [-0.2, 0) is 14.8 Å². The van der Waals surface area contributed by atoms with E-state index in [0.717, 1.165) is 5.56 Å². The Morgan fingerprint density at radius 2 is 1.66 bits per heavy atom. The molecule has 0 aliphatic rings. The zero-order valence-electron chi connectivity index (χ0n) is 15.8. The predicted octanol–water partition coefficient (Wildman–Crippen LogP) is 5.27. The van der Waals surface area contributed by atoms with E-state index in [9.17, 15) is 13.2 Å². The monoisotopic (exact) mass is 428 g/mol. The van der Waals surface area contributed by atoms with Crippen molar-refractivity contribution in [2.24, 2.45) is 0 Å². The number of carbonyl (C=O) groups excluding carboxylic acids is 1. The molecule has 0 heterocycles. The fraction of sp³-hybridized carbons (Fsp3) is 0.136. The van der Waals surface area contributed by atoms with Crippen LogP contribution in [0.15, 0.2) is 83.8 Å². The topological polar surface area (TPSA) is 75.3 Å². The third-order valence-electron chi connectivity index (χ3n) is 4.46. The van der Waals surface area contributed by atoms with Gasteiger partial charge in [-0.15, -0.1) is 0 Å². The van der Waals surface area contributed by atoms with Gasteiger partial charge in [-0.3, -0.25) is 9.52 Å². The highest BCUT2D eigenvalue weighted by Gasteiger charge is 2.20. The first kappa shape index (κ1) is 20.9. The maximum atomic E-state index is 12.7. The van der Waals surface area contributed by atoms with E-state index < -0.39 is 10.0 Å². The van der Waals surface area contributed by atoms with Gasteiger partial charge in [0.2, 0.25) is 5.91 Å². The molecule has 0 aromatic heterocycles. The number of benzene rings is 3. The van der Waals surface area contributed by atoms with E-state index in [2.05, 4.69) is 10.0 Å². The minimum Gasteiger partial charge on any atom is -0.326 e. The summed E-state index contributed by atoms with van der Waals surface area (Å²) in [5, 5.41) is 3.12. The number of halogens is 1. The molecule has 1 atom stereocenters. The van der Waals surface area contributed by atoms with Gasteiger partial charge in [0.05, 0.1) is 21.5 Å². The fourth-order valence-electron chi connectivity index (χ4n) is 2.98. The lowest BCUT2D eigenvalue weighted by Gasteiger charge is -2.16. The Bertz CT molecular complexity index is 1100. The molecule has 150 valence electrons. The number of anilines is 2. The normalized spacial score (nSPS) is 12.2. The Balaban J connectivity index is 1.80. The summed E-state index contributed by atoms with van der Waals surface area (Å²) >= 11 is 6.04. The summed E-state index contributed by atoms with van der Waals surface area (Å²) in [6.07, 6.45) is 0.627. The van der Waals surface area contributed by atoms with Crippen LogP contribution in [0.4, 0.5) is 11.4 Å². The lowest BCUT2D eigenvalue weighted by Crippen LogP contribution is -2.21. The van der Waals surface area contributed by atoms with Crippen molar-refractivity contribution in [3.8, 4) is 0 Å². The molecule has 0 spiro atoms. The molecular formula is C22H21ClN2O3S.